The zero-order valence-corrected chi connectivity index (χ0v) is 20.3. The van der Waals surface area contributed by atoms with E-state index in [1.165, 1.54) is 11.1 Å². The van der Waals surface area contributed by atoms with Crippen LogP contribution in [0.5, 0.6) is 17.2 Å². The maximum Gasteiger partial charge on any atom is 0.161 e. The fourth-order valence-electron chi connectivity index (χ4n) is 4.73. The Bertz CT molecular complexity index is 853. The highest BCUT2D eigenvalue weighted by molar-refractivity contribution is 5.43. The van der Waals surface area contributed by atoms with Crippen LogP contribution in [0.4, 0.5) is 0 Å². The summed E-state index contributed by atoms with van der Waals surface area (Å²) in [7, 11) is 3.45. The molecule has 1 heterocycles. The summed E-state index contributed by atoms with van der Waals surface area (Å²) >= 11 is 0. The predicted octanol–water partition coefficient (Wildman–Crippen LogP) is 5.36. The molecule has 2 atom stereocenters. The highest BCUT2D eigenvalue weighted by Crippen LogP contribution is 2.45. The third kappa shape index (κ3) is 5.76. The molecule has 0 unspecified atom stereocenters. The van der Waals surface area contributed by atoms with Gasteiger partial charge in [-0.15, -0.1) is 0 Å². The topological polar surface area (TPSA) is 49.0 Å². The number of ether oxygens (including phenoxy) is 4. The van der Waals surface area contributed by atoms with E-state index in [2.05, 4.69) is 49.5 Å². The molecule has 32 heavy (non-hydrogen) atoms. The van der Waals surface area contributed by atoms with Crippen molar-refractivity contribution in [3.05, 3.63) is 53.6 Å². The lowest BCUT2D eigenvalue weighted by atomic mass is 9.68. The molecule has 2 aromatic carbocycles. The number of benzene rings is 2. The van der Waals surface area contributed by atoms with Crippen molar-refractivity contribution in [1.29, 1.82) is 0 Å². The maximum atomic E-state index is 6.13. The number of nitrogens with one attached hydrogen (secondary N) is 1. The molecule has 0 aromatic heterocycles. The van der Waals surface area contributed by atoms with Gasteiger partial charge in [0.15, 0.2) is 11.5 Å². The van der Waals surface area contributed by atoms with Crippen LogP contribution in [0, 0.1) is 5.92 Å². The third-order valence-electron chi connectivity index (χ3n) is 6.56. The summed E-state index contributed by atoms with van der Waals surface area (Å²) in [5, 5.41) is 3.65. The van der Waals surface area contributed by atoms with Crippen molar-refractivity contribution in [2.75, 3.05) is 34.0 Å². The standard InChI is InChI=1S/C27H39NO4/c1-6-31-24-12-11-21(17-25(24)30-5)19-28-15-13-27(14-16-32-26(18-27)20(2)3)22-9-7-8-10-23(22)29-4/h7-12,17,20,26,28H,6,13-16,18-19H2,1-5H3/t26-,27-/m1/s1. The minimum Gasteiger partial charge on any atom is -0.496 e. The molecule has 1 fully saturated rings. The molecule has 2 aromatic rings. The van der Waals surface area contributed by atoms with Gasteiger partial charge in [-0.1, -0.05) is 38.1 Å². The summed E-state index contributed by atoms with van der Waals surface area (Å²) in [6.07, 6.45) is 3.33. The van der Waals surface area contributed by atoms with Gasteiger partial charge in [-0.3, -0.25) is 0 Å². The molecule has 0 saturated carbocycles. The molecule has 3 rings (SSSR count). The largest absolute Gasteiger partial charge is 0.496 e. The third-order valence-corrected chi connectivity index (χ3v) is 6.56. The minimum atomic E-state index is 0.0449. The Morgan fingerprint density at radius 1 is 1.06 bits per heavy atom. The summed E-state index contributed by atoms with van der Waals surface area (Å²) in [6.45, 7) is 9.60. The van der Waals surface area contributed by atoms with Gasteiger partial charge >= 0.3 is 0 Å². The molecule has 1 N–H and O–H groups in total. The monoisotopic (exact) mass is 441 g/mol. The first-order valence-corrected chi connectivity index (χ1v) is 11.8. The first-order chi connectivity index (χ1) is 15.5. The Kier molecular flexibility index (Phi) is 8.83. The van der Waals surface area contributed by atoms with Crippen molar-refractivity contribution in [3.8, 4) is 17.2 Å². The average Bonchev–Trinajstić information content (AvgIpc) is 2.82. The van der Waals surface area contributed by atoms with E-state index < -0.39 is 0 Å². The Morgan fingerprint density at radius 2 is 1.84 bits per heavy atom. The van der Waals surface area contributed by atoms with E-state index in [0.717, 1.165) is 56.2 Å². The smallest absolute Gasteiger partial charge is 0.161 e. The van der Waals surface area contributed by atoms with Crippen LogP contribution in [0.1, 0.15) is 51.2 Å². The summed E-state index contributed by atoms with van der Waals surface area (Å²) in [4.78, 5) is 0. The highest BCUT2D eigenvalue weighted by Gasteiger charge is 2.40. The van der Waals surface area contributed by atoms with Gasteiger partial charge in [0.25, 0.3) is 0 Å². The second kappa shape index (κ2) is 11.6. The Balaban J connectivity index is 1.71. The van der Waals surface area contributed by atoms with E-state index in [1.54, 1.807) is 14.2 Å². The number of hydrogen-bond donors (Lipinski definition) is 1. The van der Waals surface area contributed by atoms with Crippen molar-refractivity contribution >= 4 is 0 Å². The van der Waals surface area contributed by atoms with Gasteiger partial charge in [0.2, 0.25) is 0 Å². The first kappa shape index (κ1) is 24.4. The van der Waals surface area contributed by atoms with E-state index in [4.69, 9.17) is 18.9 Å². The second-order valence-electron chi connectivity index (χ2n) is 8.93. The Morgan fingerprint density at radius 3 is 2.56 bits per heavy atom. The summed E-state index contributed by atoms with van der Waals surface area (Å²) in [6, 6.07) is 14.6. The SMILES string of the molecule is CCOc1ccc(CNCC[C@@]2(c3ccccc3OC)CCO[C@@H](C(C)C)C2)cc1OC. The molecule has 1 saturated heterocycles. The first-order valence-electron chi connectivity index (χ1n) is 11.8. The van der Waals surface area contributed by atoms with Crippen molar-refractivity contribution in [3.63, 3.8) is 0 Å². The van der Waals surface area contributed by atoms with Gasteiger partial charge in [-0.25, -0.2) is 0 Å². The van der Waals surface area contributed by atoms with Crippen molar-refractivity contribution in [2.45, 2.75) is 58.1 Å². The molecular weight excluding hydrogens is 402 g/mol. The van der Waals surface area contributed by atoms with Gasteiger partial charge < -0.3 is 24.3 Å². The van der Waals surface area contributed by atoms with Gasteiger partial charge in [0.05, 0.1) is 26.9 Å². The van der Waals surface area contributed by atoms with E-state index in [-0.39, 0.29) is 11.5 Å². The Labute approximate surface area is 193 Å². The van der Waals surface area contributed by atoms with Crippen LogP contribution in [0.15, 0.2) is 42.5 Å². The van der Waals surface area contributed by atoms with Crippen molar-refractivity contribution in [2.24, 2.45) is 5.92 Å². The number of methoxy groups -OCH3 is 2. The van der Waals surface area contributed by atoms with Crippen LogP contribution in [-0.4, -0.2) is 40.1 Å². The lowest BCUT2D eigenvalue weighted by Crippen LogP contribution is -2.42. The summed E-state index contributed by atoms with van der Waals surface area (Å²) < 4.78 is 23.0. The van der Waals surface area contributed by atoms with Crippen LogP contribution in [0.3, 0.4) is 0 Å². The molecule has 0 amide bonds. The van der Waals surface area contributed by atoms with Gasteiger partial charge in [0.1, 0.15) is 5.75 Å². The van der Waals surface area contributed by atoms with Crippen LogP contribution >= 0.6 is 0 Å². The summed E-state index contributed by atoms with van der Waals surface area (Å²) in [5.41, 5.74) is 2.54. The van der Waals surface area contributed by atoms with Crippen molar-refractivity contribution < 1.29 is 18.9 Å². The lowest BCUT2D eigenvalue weighted by Gasteiger charge is -2.43. The molecule has 0 spiro atoms. The lowest BCUT2D eigenvalue weighted by molar-refractivity contribution is -0.0473. The zero-order valence-electron chi connectivity index (χ0n) is 20.3. The zero-order chi connectivity index (χ0) is 23.0. The van der Waals surface area contributed by atoms with E-state index >= 15 is 0 Å². The molecular formula is C27H39NO4. The van der Waals surface area contributed by atoms with Gasteiger partial charge in [-0.2, -0.15) is 0 Å². The molecule has 1 aliphatic heterocycles. The molecule has 5 heteroatoms. The van der Waals surface area contributed by atoms with Gasteiger partial charge in [0, 0.05) is 24.1 Å². The quantitative estimate of drug-likeness (QED) is 0.476. The molecule has 0 radical (unpaired) electrons. The number of rotatable bonds is 11. The maximum absolute atomic E-state index is 6.13. The van der Waals surface area contributed by atoms with Crippen LogP contribution in [-0.2, 0) is 16.7 Å². The molecule has 1 aliphatic rings. The van der Waals surface area contributed by atoms with E-state index in [0.29, 0.717) is 12.5 Å². The molecule has 0 aliphatic carbocycles. The minimum absolute atomic E-state index is 0.0449. The fourth-order valence-corrected chi connectivity index (χ4v) is 4.73. The molecule has 176 valence electrons. The normalized spacial score (nSPS) is 20.9. The van der Waals surface area contributed by atoms with E-state index in [1.807, 2.05) is 19.1 Å². The fraction of sp³-hybridized carbons (Fsp3) is 0.556. The number of para-hydroxylation sites is 1. The molecule has 5 nitrogen and oxygen atoms in total. The van der Waals surface area contributed by atoms with Crippen LogP contribution in [0.2, 0.25) is 0 Å². The second-order valence-corrected chi connectivity index (χ2v) is 8.93. The van der Waals surface area contributed by atoms with Crippen LogP contribution < -0.4 is 19.5 Å². The van der Waals surface area contributed by atoms with Gasteiger partial charge in [-0.05, 0) is 62.4 Å². The van der Waals surface area contributed by atoms with E-state index in [9.17, 15) is 0 Å². The Hall–Kier alpha value is -2.24. The predicted molar refractivity (Wildman–Crippen MR) is 129 cm³/mol. The average molecular weight is 442 g/mol. The van der Waals surface area contributed by atoms with Crippen LogP contribution in [0.25, 0.3) is 0 Å². The van der Waals surface area contributed by atoms with Crippen molar-refractivity contribution in [1.82, 2.24) is 5.32 Å². The molecule has 0 bridgehead atoms. The summed E-state index contributed by atoms with van der Waals surface area (Å²) in [5.74, 6) is 3.04. The highest BCUT2D eigenvalue weighted by atomic mass is 16.5. The number of hydrogen-bond acceptors (Lipinski definition) is 5.